The van der Waals surface area contributed by atoms with Crippen LogP contribution in [0.1, 0.15) is 38.1 Å². The van der Waals surface area contributed by atoms with Crippen LogP contribution in [0.25, 0.3) is 10.2 Å². The molecule has 1 aromatic heterocycles. The molecule has 4 nitrogen and oxygen atoms in total. The molecule has 1 aliphatic carbocycles. The molecule has 0 aliphatic heterocycles. The van der Waals surface area contributed by atoms with Crippen molar-refractivity contribution < 1.29 is 0 Å². The molecule has 1 aromatic carbocycles. The highest BCUT2D eigenvalue weighted by Crippen LogP contribution is 2.39. The molecular formula is C18H24N4S. The zero-order valence-electron chi connectivity index (χ0n) is 14.3. The van der Waals surface area contributed by atoms with Crippen molar-refractivity contribution in [1.29, 1.82) is 5.26 Å². The van der Waals surface area contributed by atoms with Crippen LogP contribution in [0.4, 0.5) is 5.69 Å². The number of rotatable bonds is 3. The van der Waals surface area contributed by atoms with Crippen molar-refractivity contribution in [3.8, 4) is 6.07 Å². The SMILES string of the molecule is CN(C)[C@@H]1CC[C@H](Nc2ccc3sc(C#N)nc3c2)C(C)(C)C1. The van der Waals surface area contributed by atoms with E-state index in [2.05, 4.69) is 67.4 Å². The number of hydrogen-bond acceptors (Lipinski definition) is 5. The Morgan fingerprint density at radius 1 is 1.35 bits per heavy atom. The predicted molar refractivity (Wildman–Crippen MR) is 96.9 cm³/mol. The van der Waals surface area contributed by atoms with Gasteiger partial charge in [0.15, 0.2) is 5.01 Å². The molecule has 1 saturated carbocycles. The highest BCUT2D eigenvalue weighted by molar-refractivity contribution is 7.19. The first-order valence-corrected chi connectivity index (χ1v) is 8.94. The minimum atomic E-state index is 0.252. The Bertz CT molecular complexity index is 741. The average molecular weight is 328 g/mol. The lowest BCUT2D eigenvalue weighted by atomic mass is 9.71. The van der Waals surface area contributed by atoms with Gasteiger partial charge in [0.05, 0.1) is 10.2 Å². The molecule has 1 fully saturated rings. The quantitative estimate of drug-likeness (QED) is 0.922. The Kier molecular flexibility index (Phi) is 4.31. The third-order valence-corrected chi connectivity index (χ3v) is 5.99. The van der Waals surface area contributed by atoms with Gasteiger partial charge in [0.25, 0.3) is 0 Å². The molecule has 2 atom stereocenters. The maximum absolute atomic E-state index is 8.99. The van der Waals surface area contributed by atoms with Crippen LogP contribution in [0.3, 0.4) is 0 Å². The number of thiazole rings is 1. The standard InChI is InChI=1S/C18H24N4S/c1-18(2)10-13(22(3)4)6-8-16(18)20-12-5-7-15-14(9-12)21-17(11-19)23-15/h5,7,9,13,16,20H,6,8,10H2,1-4H3/t13-,16+/m1/s1. The Morgan fingerprint density at radius 3 is 2.78 bits per heavy atom. The Balaban J connectivity index is 1.77. The van der Waals surface area contributed by atoms with Crippen LogP contribution in [0, 0.1) is 16.7 Å². The van der Waals surface area contributed by atoms with Crippen molar-refractivity contribution in [2.75, 3.05) is 19.4 Å². The first-order chi connectivity index (χ1) is 10.9. The minimum absolute atomic E-state index is 0.252. The number of benzene rings is 1. The van der Waals surface area contributed by atoms with E-state index < -0.39 is 0 Å². The van der Waals surface area contributed by atoms with Gasteiger partial charge in [-0.2, -0.15) is 5.26 Å². The molecule has 122 valence electrons. The van der Waals surface area contributed by atoms with Gasteiger partial charge < -0.3 is 10.2 Å². The minimum Gasteiger partial charge on any atom is -0.382 e. The van der Waals surface area contributed by atoms with Crippen molar-refractivity contribution in [2.45, 2.75) is 45.2 Å². The second-order valence-corrected chi connectivity index (χ2v) is 8.43. The van der Waals surface area contributed by atoms with Gasteiger partial charge in [-0.25, -0.2) is 4.98 Å². The van der Waals surface area contributed by atoms with Crippen molar-refractivity contribution in [1.82, 2.24) is 9.88 Å². The van der Waals surface area contributed by atoms with E-state index in [1.165, 1.54) is 30.6 Å². The summed E-state index contributed by atoms with van der Waals surface area (Å²) in [4.78, 5) is 6.72. The van der Waals surface area contributed by atoms with Crippen molar-refractivity contribution in [3.05, 3.63) is 23.2 Å². The Morgan fingerprint density at radius 2 is 2.13 bits per heavy atom. The van der Waals surface area contributed by atoms with Crippen LogP contribution in [0.2, 0.25) is 0 Å². The lowest BCUT2D eigenvalue weighted by molar-refractivity contribution is 0.119. The van der Waals surface area contributed by atoms with Gasteiger partial charge in [-0.3, -0.25) is 0 Å². The molecule has 2 aromatic rings. The zero-order chi connectivity index (χ0) is 16.6. The second-order valence-electron chi connectivity index (χ2n) is 7.40. The Hall–Kier alpha value is -1.64. The molecule has 1 heterocycles. The van der Waals surface area contributed by atoms with Gasteiger partial charge >= 0.3 is 0 Å². The summed E-state index contributed by atoms with van der Waals surface area (Å²) in [5.74, 6) is 0. The van der Waals surface area contributed by atoms with Crippen LogP contribution in [-0.4, -0.2) is 36.1 Å². The van der Waals surface area contributed by atoms with Crippen molar-refractivity contribution >= 4 is 27.2 Å². The molecule has 1 aliphatic rings. The number of hydrogen-bond donors (Lipinski definition) is 1. The summed E-state index contributed by atoms with van der Waals surface area (Å²) in [6.45, 7) is 4.71. The smallest absolute Gasteiger partial charge is 0.195 e. The number of nitriles is 1. The van der Waals surface area contributed by atoms with Crippen LogP contribution >= 0.6 is 11.3 Å². The summed E-state index contributed by atoms with van der Waals surface area (Å²) in [5.41, 5.74) is 2.27. The van der Waals surface area contributed by atoms with Crippen LogP contribution in [0.15, 0.2) is 18.2 Å². The topological polar surface area (TPSA) is 52.0 Å². The molecule has 0 unspecified atom stereocenters. The molecule has 3 rings (SSSR count). The molecule has 5 heteroatoms. The maximum atomic E-state index is 8.99. The van der Waals surface area contributed by atoms with E-state index in [0.29, 0.717) is 17.1 Å². The van der Waals surface area contributed by atoms with E-state index >= 15 is 0 Å². The van der Waals surface area contributed by atoms with Gasteiger partial charge in [-0.05, 0) is 57.0 Å². The van der Waals surface area contributed by atoms with Gasteiger partial charge in [-0.15, -0.1) is 11.3 Å². The van der Waals surface area contributed by atoms with E-state index in [9.17, 15) is 0 Å². The number of nitrogens with zero attached hydrogens (tertiary/aromatic N) is 3. The fourth-order valence-electron chi connectivity index (χ4n) is 3.58. The molecule has 0 saturated heterocycles. The molecular weight excluding hydrogens is 304 g/mol. The van der Waals surface area contributed by atoms with Crippen LogP contribution < -0.4 is 5.32 Å². The number of aromatic nitrogens is 1. The van der Waals surface area contributed by atoms with Crippen molar-refractivity contribution in [3.63, 3.8) is 0 Å². The Labute approximate surface area is 142 Å². The maximum Gasteiger partial charge on any atom is 0.195 e. The summed E-state index contributed by atoms with van der Waals surface area (Å²) in [7, 11) is 4.36. The molecule has 0 radical (unpaired) electrons. The largest absolute Gasteiger partial charge is 0.382 e. The fraction of sp³-hybridized carbons (Fsp3) is 0.556. The first kappa shape index (κ1) is 16.2. The van der Waals surface area contributed by atoms with Crippen molar-refractivity contribution in [2.24, 2.45) is 5.41 Å². The lowest BCUT2D eigenvalue weighted by Gasteiger charge is -2.45. The summed E-state index contributed by atoms with van der Waals surface area (Å²) < 4.78 is 1.07. The number of nitrogens with one attached hydrogen (secondary N) is 1. The molecule has 0 amide bonds. The third kappa shape index (κ3) is 3.34. The number of anilines is 1. The normalized spacial score (nSPS) is 23.8. The second kappa shape index (κ2) is 6.10. The van der Waals surface area contributed by atoms with Crippen LogP contribution in [-0.2, 0) is 0 Å². The molecule has 0 spiro atoms. The molecule has 1 N–H and O–H groups in total. The van der Waals surface area contributed by atoms with E-state index in [0.717, 1.165) is 15.9 Å². The summed E-state index contributed by atoms with van der Waals surface area (Å²) in [5, 5.41) is 13.2. The van der Waals surface area contributed by atoms with Gasteiger partial charge in [0, 0.05) is 17.8 Å². The van der Waals surface area contributed by atoms with E-state index in [-0.39, 0.29) is 5.41 Å². The highest BCUT2D eigenvalue weighted by Gasteiger charge is 2.37. The number of fused-ring (bicyclic) bond motifs is 1. The highest BCUT2D eigenvalue weighted by atomic mass is 32.1. The monoisotopic (exact) mass is 328 g/mol. The average Bonchev–Trinajstić information content (AvgIpc) is 2.91. The summed E-state index contributed by atoms with van der Waals surface area (Å²) >= 11 is 1.45. The molecule has 0 bridgehead atoms. The molecule has 23 heavy (non-hydrogen) atoms. The van der Waals surface area contributed by atoms with Crippen LogP contribution in [0.5, 0.6) is 0 Å². The van der Waals surface area contributed by atoms with Gasteiger partial charge in [-0.1, -0.05) is 13.8 Å². The zero-order valence-corrected chi connectivity index (χ0v) is 15.1. The first-order valence-electron chi connectivity index (χ1n) is 8.13. The van der Waals surface area contributed by atoms with Gasteiger partial charge in [0.1, 0.15) is 6.07 Å². The van der Waals surface area contributed by atoms with Gasteiger partial charge in [0.2, 0.25) is 0 Å². The van der Waals surface area contributed by atoms with E-state index in [1.54, 1.807) is 0 Å². The third-order valence-electron chi connectivity index (χ3n) is 5.05. The summed E-state index contributed by atoms with van der Waals surface area (Å²) in [6, 6.07) is 9.50. The van der Waals surface area contributed by atoms with E-state index in [4.69, 9.17) is 5.26 Å². The van der Waals surface area contributed by atoms with E-state index in [1.807, 2.05) is 0 Å². The predicted octanol–water partition coefficient (Wildman–Crippen LogP) is 4.09. The summed E-state index contributed by atoms with van der Waals surface area (Å²) in [6.07, 6.45) is 3.61. The lowest BCUT2D eigenvalue weighted by Crippen LogP contribution is -2.47. The fourth-order valence-corrected chi connectivity index (χ4v) is 4.32.